The summed E-state index contributed by atoms with van der Waals surface area (Å²) in [7, 11) is 0. The van der Waals surface area contributed by atoms with Crippen LogP contribution in [0.2, 0.25) is 0 Å². The first-order chi connectivity index (χ1) is 11.4. The fourth-order valence-electron chi connectivity index (χ4n) is 1.97. The third kappa shape index (κ3) is 5.12. The highest BCUT2D eigenvalue weighted by Gasteiger charge is 2.22. The summed E-state index contributed by atoms with van der Waals surface area (Å²) < 4.78 is 9.95. The van der Waals surface area contributed by atoms with Crippen LogP contribution in [0.4, 0.5) is 5.69 Å². The number of anilines is 1. The molecule has 7 heteroatoms. The smallest absolute Gasteiger partial charge is 0.355 e. The molecular weight excluding hydrogens is 314 g/mol. The Hall–Kier alpha value is -2.83. The zero-order valence-corrected chi connectivity index (χ0v) is 13.9. The van der Waals surface area contributed by atoms with Crippen LogP contribution in [0.25, 0.3) is 0 Å². The van der Waals surface area contributed by atoms with Crippen molar-refractivity contribution in [1.82, 2.24) is 0 Å². The average Bonchev–Trinajstić information content (AvgIpc) is 2.55. The Bertz CT molecular complexity index is 650. The molecule has 0 saturated heterocycles. The fourth-order valence-corrected chi connectivity index (χ4v) is 1.97. The lowest BCUT2D eigenvalue weighted by atomic mass is 10.1. The van der Waals surface area contributed by atoms with Gasteiger partial charge in [0.05, 0.1) is 24.4 Å². The Morgan fingerprint density at radius 1 is 1.04 bits per heavy atom. The van der Waals surface area contributed by atoms with E-state index in [1.54, 1.807) is 26.8 Å². The van der Waals surface area contributed by atoms with Crippen LogP contribution in [0.3, 0.4) is 0 Å². The second-order valence-corrected chi connectivity index (χ2v) is 4.66. The van der Waals surface area contributed by atoms with Crippen molar-refractivity contribution in [3.05, 3.63) is 41.1 Å². The predicted octanol–water partition coefficient (Wildman–Crippen LogP) is 2.59. The first-order valence-corrected chi connectivity index (χ1v) is 7.62. The molecule has 1 aromatic rings. The van der Waals surface area contributed by atoms with E-state index < -0.39 is 17.9 Å². The molecule has 1 aromatic carbocycles. The number of rotatable bonds is 8. The minimum absolute atomic E-state index is 0.0531. The van der Waals surface area contributed by atoms with Gasteiger partial charge in [0.1, 0.15) is 5.70 Å². The van der Waals surface area contributed by atoms with Gasteiger partial charge in [-0.2, -0.15) is 0 Å². The molecule has 7 nitrogen and oxygen atoms in total. The molecule has 130 valence electrons. The maximum Gasteiger partial charge on any atom is 0.355 e. The van der Waals surface area contributed by atoms with Gasteiger partial charge in [-0.25, -0.2) is 14.4 Å². The first kappa shape index (κ1) is 19.2. The number of aromatic carboxylic acids is 1. The molecule has 0 bridgehead atoms. The van der Waals surface area contributed by atoms with E-state index in [0.717, 1.165) is 0 Å². The number of carbonyl (C=O) groups excluding carboxylic acids is 2. The third-order valence-electron chi connectivity index (χ3n) is 3.04. The van der Waals surface area contributed by atoms with Crippen molar-refractivity contribution in [2.45, 2.75) is 27.2 Å². The molecule has 1 rings (SSSR count). The summed E-state index contributed by atoms with van der Waals surface area (Å²) in [4.78, 5) is 35.3. The van der Waals surface area contributed by atoms with Crippen LogP contribution in [0.1, 0.15) is 37.6 Å². The van der Waals surface area contributed by atoms with E-state index in [-0.39, 0.29) is 36.5 Å². The Kier molecular flexibility index (Phi) is 7.48. The van der Waals surface area contributed by atoms with Gasteiger partial charge in [-0.1, -0.05) is 13.0 Å². The molecular formula is C17H21NO6. The van der Waals surface area contributed by atoms with Crippen molar-refractivity contribution < 1.29 is 29.0 Å². The molecule has 0 aliphatic rings. The monoisotopic (exact) mass is 335 g/mol. The summed E-state index contributed by atoms with van der Waals surface area (Å²) in [5.74, 6) is -2.42. The van der Waals surface area contributed by atoms with Crippen LogP contribution < -0.4 is 5.32 Å². The van der Waals surface area contributed by atoms with Crippen LogP contribution in [0.15, 0.2) is 35.5 Å². The van der Waals surface area contributed by atoms with Gasteiger partial charge in [-0.15, -0.1) is 0 Å². The van der Waals surface area contributed by atoms with Crippen LogP contribution >= 0.6 is 0 Å². The Morgan fingerprint density at radius 3 is 2.21 bits per heavy atom. The summed E-state index contributed by atoms with van der Waals surface area (Å²) in [6.45, 7) is 5.34. The molecule has 24 heavy (non-hydrogen) atoms. The normalized spacial score (nSPS) is 11.3. The molecule has 0 fully saturated rings. The van der Waals surface area contributed by atoms with E-state index in [1.165, 1.54) is 18.2 Å². The van der Waals surface area contributed by atoms with Gasteiger partial charge < -0.3 is 19.9 Å². The number of benzene rings is 1. The topological polar surface area (TPSA) is 102 Å². The number of esters is 2. The minimum Gasteiger partial charge on any atom is -0.478 e. The quantitative estimate of drug-likeness (QED) is 0.556. The van der Waals surface area contributed by atoms with Crippen LogP contribution in [0.5, 0.6) is 0 Å². The second kappa shape index (κ2) is 9.34. The van der Waals surface area contributed by atoms with E-state index in [4.69, 9.17) is 14.6 Å². The van der Waals surface area contributed by atoms with Crippen molar-refractivity contribution in [3.63, 3.8) is 0 Å². The number of hydrogen-bond acceptors (Lipinski definition) is 6. The zero-order valence-electron chi connectivity index (χ0n) is 13.9. The van der Waals surface area contributed by atoms with E-state index in [9.17, 15) is 14.4 Å². The van der Waals surface area contributed by atoms with E-state index in [1.807, 2.05) is 0 Å². The largest absolute Gasteiger partial charge is 0.478 e. The molecule has 0 atom stereocenters. The Morgan fingerprint density at radius 2 is 1.67 bits per heavy atom. The minimum atomic E-state index is -1.10. The average molecular weight is 335 g/mol. The Labute approximate surface area is 140 Å². The van der Waals surface area contributed by atoms with Gasteiger partial charge in [-0.3, -0.25) is 0 Å². The Balaban J connectivity index is 3.28. The highest BCUT2D eigenvalue weighted by molar-refractivity contribution is 6.02. The standard InChI is InChI=1S/C17H21NO6/c1-4-13(16(21)23-5-2)14(17(22)24-6-3)18-12-9-7-8-11(10-12)15(19)20/h7-10,18H,4-6H2,1-3H3,(H,19,20)/b14-13+. The molecule has 0 aliphatic carbocycles. The third-order valence-corrected chi connectivity index (χ3v) is 3.04. The summed E-state index contributed by atoms with van der Waals surface area (Å²) in [5.41, 5.74) is 0.488. The highest BCUT2D eigenvalue weighted by atomic mass is 16.5. The lowest BCUT2D eigenvalue weighted by Crippen LogP contribution is -2.21. The number of carboxylic acid groups (broad SMARTS) is 1. The van der Waals surface area contributed by atoms with Crippen LogP contribution in [0, 0.1) is 0 Å². The van der Waals surface area contributed by atoms with Gasteiger partial charge >= 0.3 is 17.9 Å². The van der Waals surface area contributed by atoms with Gasteiger partial charge in [0.25, 0.3) is 0 Å². The number of carboxylic acids is 1. The first-order valence-electron chi connectivity index (χ1n) is 7.62. The summed E-state index contributed by atoms with van der Waals surface area (Å²) >= 11 is 0. The second-order valence-electron chi connectivity index (χ2n) is 4.66. The molecule has 0 unspecified atom stereocenters. The predicted molar refractivity (Wildman–Crippen MR) is 87.6 cm³/mol. The SMILES string of the molecule is CCOC(=O)/C(CC)=C(/Nc1cccc(C(=O)O)c1)C(=O)OCC. The van der Waals surface area contributed by atoms with Gasteiger partial charge in [-0.05, 0) is 38.5 Å². The number of hydrogen-bond donors (Lipinski definition) is 2. The van der Waals surface area contributed by atoms with Gasteiger partial charge in [0, 0.05) is 5.69 Å². The van der Waals surface area contributed by atoms with Crippen molar-refractivity contribution >= 4 is 23.6 Å². The summed E-state index contributed by atoms with van der Waals surface area (Å²) in [5, 5.41) is 11.8. The molecule has 0 saturated carbocycles. The number of ether oxygens (including phenoxy) is 2. The number of carbonyl (C=O) groups is 3. The maximum absolute atomic E-state index is 12.2. The van der Waals surface area contributed by atoms with Crippen LogP contribution in [-0.4, -0.2) is 36.2 Å². The maximum atomic E-state index is 12.2. The van der Waals surface area contributed by atoms with E-state index in [0.29, 0.717) is 5.69 Å². The van der Waals surface area contributed by atoms with Crippen molar-refractivity contribution in [2.24, 2.45) is 0 Å². The summed E-state index contributed by atoms with van der Waals surface area (Å²) in [6, 6.07) is 5.90. The molecule has 0 aliphatic heterocycles. The fraction of sp³-hybridized carbons (Fsp3) is 0.353. The molecule has 0 spiro atoms. The zero-order chi connectivity index (χ0) is 18.1. The molecule has 0 radical (unpaired) electrons. The van der Waals surface area contributed by atoms with Crippen molar-refractivity contribution in [1.29, 1.82) is 0 Å². The van der Waals surface area contributed by atoms with Gasteiger partial charge in [0.2, 0.25) is 0 Å². The summed E-state index contributed by atoms with van der Waals surface area (Å²) in [6.07, 6.45) is 0.249. The number of nitrogens with one attached hydrogen (secondary N) is 1. The van der Waals surface area contributed by atoms with Crippen LogP contribution in [-0.2, 0) is 19.1 Å². The molecule has 0 heterocycles. The van der Waals surface area contributed by atoms with Crippen molar-refractivity contribution in [3.8, 4) is 0 Å². The molecule has 0 aromatic heterocycles. The molecule has 2 N–H and O–H groups in total. The van der Waals surface area contributed by atoms with E-state index >= 15 is 0 Å². The lowest BCUT2D eigenvalue weighted by molar-refractivity contribution is -0.141. The van der Waals surface area contributed by atoms with E-state index in [2.05, 4.69) is 5.32 Å². The van der Waals surface area contributed by atoms with Gasteiger partial charge in [0.15, 0.2) is 0 Å². The van der Waals surface area contributed by atoms with Crippen molar-refractivity contribution in [2.75, 3.05) is 18.5 Å². The lowest BCUT2D eigenvalue weighted by Gasteiger charge is -2.15. The highest BCUT2D eigenvalue weighted by Crippen LogP contribution is 2.19. The molecule has 0 amide bonds.